The van der Waals surface area contributed by atoms with Crippen LogP contribution in [-0.2, 0) is 13.1 Å². The first kappa shape index (κ1) is 17.9. The molecule has 2 fully saturated rings. The number of hydrogen-bond acceptors (Lipinski definition) is 3. The highest BCUT2D eigenvalue weighted by atomic mass is 16.3. The van der Waals surface area contributed by atoms with Crippen molar-refractivity contribution in [3.05, 3.63) is 35.4 Å². The number of rotatable bonds is 6. The molecule has 0 bridgehead atoms. The summed E-state index contributed by atoms with van der Waals surface area (Å²) < 4.78 is 0. The maximum atomic E-state index is 9.68. The molecule has 0 unspecified atom stereocenters. The maximum Gasteiger partial charge on any atom is 0.0564 e. The van der Waals surface area contributed by atoms with Gasteiger partial charge in [0, 0.05) is 32.2 Å². The molecule has 0 spiro atoms. The Balaban J connectivity index is 1.51. The summed E-state index contributed by atoms with van der Waals surface area (Å²) in [4.78, 5) is 2.48. The molecule has 0 aromatic heterocycles. The second kappa shape index (κ2) is 8.98. The van der Waals surface area contributed by atoms with Gasteiger partial charge in [-0.2, -0.15) is 0 Å². The third-order valence-electron chi connectivity index (χ3n) is 6.07. The standard InChI is InChI=1S/C21H34N2O/c1-2-17-7-9-20(10-8-17)22-15-18-5-3-4-6-19(18)16-23-13-11-21(24)12-14-23/h3-6,17,20-22,24H,2,7-16H2,1H3. The Morgan fingerprint density at radius 2 is 1.67 bits per heavy atom. The van der Waals surface area contributed by atoms with Gasteiger partial charge in [0.25, 0.3) is 0 Å². The molecule has 0 radical (unpaired) electrons. The van der Waals surface area contributed by atoms with Crippen molar-refractivity contribution in [3.63, 3.8) is 0 Å². The largest absolute Gasteiger partial charge is 0.393 e. The Labute approximate surface area is 147 Å². The van der Waals surface area contributed by atoms with E-state index in [4.69, 9.17) is 0 Å². The maximum absolute atomic E-state index is 9.68. The molecule has 24 heavy (non-hydrogen) atoms. The fourth-order valence-corrected chi connectivity index (χ4v) is 4.23. The first-order valence-electron chi connectivity index (χ1n) is 9.95. The molecule has 1 saturated heterocycles. The van der Waals surface area contributed by atoms with E-state index in [9.17, 15) is 5.11 Å². The summed E-state index contributed by atoms with van der Waals surface area (Å²) in [7, 11) is 0. The number of piperidine rings is 1. The summed E-state index contributed by atoms with van der Waals surface area (Å²) >= 11 is 0. The summed E-state index contributed by atoms with van der Waals surface area (Å²) in [6.45, 7) is 6.38. The van der Waals surface area contributed by atoms with Gasteiger partial charge in [0.1, 0.15) is 0 Å². The van der Waals surface area contributed by atoms with Crippen molar-refractivity contribution in [2.45, 2.75) is 77.1 Å². The highest BCUT2D eigenvalue weighted by Gasteiger charge is 2.20. The first-order valence-corrected chi connectivity index (χ1v) is 9.95. The summed E-state index contributed by atoms with van der Waals surface area (Å²) in [6, 6.07) is 9.57. The molecule has 1 heterocycles. The Kier molecular flexibility index (Phi) is 6.70. The van der Waals surface area contributed by atoms with Crippen LogP contribution >= 0.6 is 0 Å². The molecule has 2 aliphatic rings. The van der Waals surface area contributed by atoms with Crippen molar-refractivity contribution in [3.8, 4) is 0 Å². The van der Waals surface area contributed by atoms with Gasteiger partial charge in [0.05, 0.1) is 6.10 Å². The molecule has 1 aromatic rings. The van der Waals surface area contributed by atoms with E-state index in [2.05, 4.69) is 41.4 Å². The molecule has 1 saturated carbocycles. The second-order valence-corrected chi connectivity index (χ2v) is 7.78. The lowest BCUT2D eigenvalue weighted by Gasteiger charge is -2.31. The van der Waals surface area contributed by atoms with E-state index in [0.717, 1.165) is 44.9 Å². The van der Waals surface area contributed by atoms with Crippen LogP contribution in [0.3, 0.4) is 0 Å². The van der Waals surface area contributed by atoms with Gasteiger partial charge in [-0.05, 0) is 55.6 Å². The summed E-state index contributed by atoms with van der Waals surface area (Å²) in [6.07, 6.45) is 8.56. The zero-order valence-electron chi connectivity index (χ0n) is 15.2. The predicted molar refractivity (Wildman–Crippen MR) is 99.8 cm³/mol. The summed E-state index contributed by atoms with van der Waals surface area (Å²) in [5.74, 6) is 0.963. The van der Waals surface area contributed by atoms with Crippen molar-refractivity contribution >= 4 is 0 Å². The van der Waals surface area contributed by atoms with Crippen molar-refractivity contribution in [1.29, 1.82) is 0 Å². The van der Waals surface area contributed by atoms with Crippen molar-refractivity contribution in [1.82, 2.24) is 10.2 Å². The summed E-state index contributed by atoms with van der Waals surface area (Å²) in [5, 5.41) is 13.5. The number of benzene rings is 1. The topological polar surface area (TPSA) is 35.5 Å². The minimum Gasteiger partial charge on any atom is -0.393 e. The Bertz CT molecular complexity index is 488. The average molecular weight is 331 g/mol. The first-order chi connectivity index (χ1) is 11.7. The fourth-order valence-electron chi connectivity index (χ4n) is 4.23. The van der Waals surface area contributed by atoms with Crippen molar-refractivity contribution < 1.29 is 5.11 Å². The van der Waals surface area contributed by atoms with Crippen LogP contribution in [0.2, 0.25) is 0 Å². The highest BCUT2D eigenvalue weighted by molar-refractivity contribution is 5.27. The molecule has 1 aliphatic heterocycles. The van der Waals surface area contributed by atoms with Crippen LogP contribution in [-0.4, -0.2) is 35.2 Å². The Morgan fingerprint density at radius 3 is 2.33 bits per heavy atom. The monoisotopic (exact) mass is 330 g/mol. The van der Waals surface area contributed by atoms with E-state index in [1.165, 1.54) is 43.2 Å². The van der Waals surface area contributed by atoms with Crippen LogP contribution in [0.25, 0.3) is 0 Å². The van der Waals surface area contributed by atoms with Gasteiger partial charge in [-0.3, -0.25) is 4.90 Å². The van der Waals surface area contributed by atoms with Gasteiger partial charge >= 0.3 is 0 Å². The van der Waals surface area contributed by atoms with Gasteiger partial charge in [-0.1, -0.05) is 37.6 Å². The number of aliphatic hydroxyl groups is 1. The minimum absolute atomic E-state index is 0.0867. The molecule has 0 amide bonds. The summed E-state index contributed by atoms with van der Waals surface area (Å²) in [5.41, 5.74) is 2.89. The minimum atomic E-state index is -0.0867. The molecule has 3 rings (SSSR count). The lowest BCUT2D eigenvalue weighted by Crippen LogP contribution is -2.36. The van der Waals surface area contributed by atoms with E-state index >= 15 is 0 Å². The zero-order valence-corrected chi connectivity index (χ0v) is 15.2. The second-order valence-electron chi connectivity index (χ2n) is 7.78. The molecular weight excluding hydrogens is 296 g/mol. The number of nitrogens with one attached hydrogen (secondary N) is 1. The van der Waals surface area contributed by atoms with E-state index < -0.39 is 0 Å². The van der Waals surface area contributed by atoms with E-state index in [0.29, 0.717) is 6.04 Å². The Hall–Kier alpha value is -0.900. The Morgan fingerprint density at radius 1 is 1.00 bits per heavy atom. The molecule has 134 valence electrons. The number of nitrogens with zero attached hydrogens (tertiary/aromatic N) is 1. The molecule has 2 N–H and O–H groups in total. The van der Waals surface area contributed by atoms with E-state index in [1.807, 2.05) is 0 Å². The van der Waals surface area contributed by atoms with Crippen LogP contribution in [0.1, 0.15) is 63.0 Å². The smallest absolute Gasteiger partial charge is 0.0564 e. The SMILES string of the molecule is CCC1CCC(NCc2ccccc2CN2CCC(O)CC2)CC1. The van der Waals surface area contributed by atoms with E-state index in [1.54, 1.807) is 0 Å². The highest BCUT2D eigenvalue weighted by Crippen LogP contribution is 2.27. The fraction of sp³-hybridized carbons (Fsp3) is 0.714. The van der Waals surface area contributed by atoms with Gasteiger partial charge in [0.15, 0.2) is 0 Å². The average Bonchev–Trinajstić information content (AvgIpc) is 2.63. The third-order valence-corrected chi connectivity index (χ3v) is 6.07. The van der Waals surface area contributed by atoms with E-state index in [-0.39, 0.29) is 6.10 Å². The van der Waals surface area contributed by atoms with Gasteiger partial charge in [0.2, 0.25) is 0 Å². The quantitative estimate of drug-likeness (QED) is 0.835. The molecular formula is C21H34N2O. The van der Waals surface area contributed by atoms with Crippen LogP contribution in [0, 0.1) is 5.92 Å². The van der Waals surface area contributed by atoms with Crippen molar-refractivity contribution in [2.75, 3.05) is 13.1 Å². The molecule has 1 aromatic carbocycles. The number of likely N-dealkylation sites (tertiary alicyclic amines) is 1. The molecule has 3 nitrogen and oxygen atoms in total. The molecule has 0 atom stereocenters. The molecule has 1 aliphatic carbocycles. The lowest BCUT2D eigenvalue weighted by molar-refractivity contribution is 0.0791. The van der Waals surface area contributed by atoms with Crippen LogP contribution in [0.5, 0.6) is 0 Å². The molecule has 3 heteroatoms. The van der Waals surface area contributed by atoms with Gasteiger partial charge in [-0.25, -0.2) is 0 Å². The predicted octanol–water partition coefficient (Wildman–Crippen LogP) is 3.70. The number of hydrogen-bond donors (Lipinski definition) is 2. The van der Waals surface area contributed by atoms with Crippen LogP contribution in [0.4, 0.5) is 0 Å². The normalized spacial score (nSPS) is 26.6. The zero-order chi connectivity index (χ0) is 16.8. The van der Waals surface area contributed by atoms with Crippen molar-refractivity contribution in [2.24, 2.45) is 5.92 Å². The van der Waals surface area contributed by atoms with Crippen LogP contribution in [0.15, 0.2) is 24.3 Å². The third kappa shape index (κ3) is 5.05. The van der Waals surface area contributed by atoms with Crippen LogP contribution < -0.4 is 5.32 Å². The number of aliphatic hydroxyl groups excluding tert-OH is 1. The lowest BCUT2D eigenvalue weighted by atomic mass is 9.84. The van der Waals surface area contributed by atoms with Gasteiger partial charge in [-0.15, -0.1) is 0 Å². The van der Waals surface area contributed by atoms with Gasteiger partial charge < -0.3 is 10.4 Å².